The average molecular weight is 454 g/mol. The van der Waals surface area contributed by atoms with Gasteiger partial charge in [-0.05, 0) is 24.3 Å². The number of nitrogens with one attached hydrogen (secondary N) is 1. The number of carbonyl (C=O) groups is 1. The molecule has 162 valence electrons. The van der Waals surface area contributed by atoms with Crippen LogP contribution < -0.4 is 10.1 Å². The number of para-hydroxylation sites is 1. The van der Waals surface area contributed by atoms with Crippen LogP contribution in [0.5, 0.6) is 10.9 Å². The third-order valence-electron chi connectivity index (χ3n) is 3.84. The Hall–Kier alpha value is -3.54. The first-order chi connectivity index (χ1) is 14.8. The highest BCUT2D eigenvalue weighted by atomic mass is 32.1. The van der Waals surface area contributed by atoms with Gasteiger partial charge < -0.3 is 14.9 Å². The third kappa shape index (κ3) is 5.34. The van der Waals surface area contributed by atoms with Crippen molar-refractivity contribution in [3.8, 4) is 22.3 Å². The standard InChI is InChI=1S/C19H14F4N4O3S/c1-24-17(28)15(26-29-10-20)13-7-2-3-8-14(13)30-18-25-16(27-31-18)11-5-4-6-12(9-11)19(21,22)23/h2-9H,10H2,1H3,(H,24,28)/b26-15+. The smallest absolute Gasteiger partial charge is 0.416 e. The molecule has 31 heavy (non-hydrogen) atoms. The number of carbonyl (C=O) groups excluding carboxylic acids is 1. The molecule has 3 aromatic rings. The van der Waals surface area contributed by atoms with E-state index in [2.05, 4.69) is 24.7 Å². The summed E-state index contributed by atoms with van der Waals surface area (Å²) >= 11 is 0.809. The topological polar surface area (TPSA) is 85.7 Å². The molecule has 12 heteroatoms. The molecule has 1 aromatic heterocycles. The van der Waals surface area contributed by atoms with Gasteiger partial charge in [0, 0.05) is 24.1 Å². The summed E-state index contributed by atoms with van der Waals surface area (Å²) in [6.45, 7) is -1.24. The Morgan fingerprint density at radius 2 is 1.97 bits per heavy atom. The molecule has 1 amide bonds. The van der Waals surface area contributed by atoms with E-state index in [0.29, 0.717) is 0 Å². The van der Waals surface area contributed by atoms with Crippen LogP contribution >= 0.6 is 11.5 Å². The molecule has 0 aliphatic rings. The Labute approximate surface area is 177 Å². The number of amides is 1. The molecule has 7 nitrogen and oxygen atoms in total. The van der Waals surface area contributed by atoms with E-state index in [1.165, 1.54) is 31.3 Å². The minimum absolute atomic E-state index is 0.0162. The maximum Gasteiger partial charge on any atom is 0.416 e. The van der Waals surface area contributed by atoms with Crippen LogP contribution in [0.4, 0.5) is 17.6 Å². The van der Waals surface area contributed by atoms with Gasteiger partial charge in [-0.2, -0.15) is 22.5 Å². The molecule has 0 atom stereocenters. The number of hydrogen-bond donors (Lipinski definition) is 1. The first-order valence-electron chi connectivity index (χ1n) is 8.60. The molecule has 0 spiro atoms. The lowest BCUT2D eigenvalue weighted by Gasteiger charge is -2.10. The first kappa shape index (κ1) is 22.2. The van der Waals surface area contributed by atoms with Crippen molar-refractivity contribution in [2.75, 3.05) is 13.9 Å². The zero-order valence-corrected chi connectivity index (χ0v) is 16.6. The summed E-state index contributed by atoms with van der Waals surface area (Å²) < 4.78 is 60.9. The number of alkyl halides is 4. The quantitative estimate of drug-likeness (QED) is 0.325. The molecule has 1 N–H and O–H groups in total. The molecular weight excluding hydrogens is 440 g/mol. The van der Waals surface area contributed by atoms with Gasteiger partial charge in [0.05, 0.1) is 11.1 Å². The molecule has 0 radical (unpaired) electrons. The Morgan fingerprint density at radius 1 is 1.19 bits per heavy atom. The molecule has 3 rings (SSSR count). The summed E-state index contributed by atoms with van der Waals surface area (Å²) in [7, 11) is 1.36. The number of benzene rings is 2. The summed E-state index contributed by atoms with van der Waals surface area (Å²) in [6.07, 6.45) is -4.50. The monoisotopic (exact) mass is 454 g/mol. The van der Waals surface area contributed by atoms with Crippen molar-refractivity contribution in [1.29, 1.82) is 0 Å². The maximum atomic E-state index is 12.9. The molecule has 0 fully saturated rings. The fourth-order valence-corrected chi connectivity index (χ4v) is 3.03. The van der Waals surface area contributed by atoms with E-state index < -0.39 is 24.5 Å². The van der Waals surface area contributed by atoms with Gasteiger partial charge in [0.2, 0.25) is 0 Å². The second-order valence-electron chi connectivity index (χ2n) is 5.82. The van der Waals surface area contributed by atoms with Crippen LogP contribution in [-0.2, 0) is 15.8 Å². The van der Waals surface area contributed by atoms with Crippen molar-refractivity contribution < 1.29 is 31.9 Å². The van der Waals surface area contributed by atoms with Crippen molar-refractivity contribution in [3.63, 3.8) is 0 Å². The molecule has 2 aromatic carbocycles. The highest BCUT2D eigenvalue weighted by Crippen LogP contribution is 2.33. The van der Waals surface area contributed by atoms with Gasteiger partial charge >= 0.3 is 6.18 Å². The highest BCUT2D eigenvalue weighted by molar-refractivity contribution is 7.07. The molecular formula is C19H14F4N4O3S. The van der Waals surface area contributed by atoms with Crippen LogP contribution in [0.1, 0.15) is 11.1 Å². The fourth-order valence-electron chi connectivity index (χ4n) is 2.47. The third-order valence-corrected chi connectivity index (χ3v) is 4.44. The zero-order chi connectivity index (χ0) is 22.4. The minimum atomic E-state index is -4.50. The number of oxime groups is 1. The van der Waals surface area contributed by atoms with E-state index in [-0.39, 0.29) is 33.6 Å². The fraction of sp³-hybridized carbons (Fsp3) is 0.158. The van der Waals surface area contributed by atoms with E-state index in [0.717, 1.165) is 23.7 Å². The molecule has 0 aliphatic carbocycles. The Bertz CT molecular complexity index is 1100. The van der Waals surface area contributed by atoms with Crippen LogP contribution in [0, 0.1) is 0 Å². The summed E-state index contributed by atoms with van der Waals surface area (Å²) in [5.74, 6) is -0.463. The SMILES string of the molecule is CNC(=O)/C(=N/OCF)c1ccccc1Oc1nc(-c2cccc(C(F)(F)F)c2)ns1. The Morgan fingerprint density at radius 3 is 2.68 bits per heavy atom. The van der Waals surface area contributed by atoms with Gasteiger partial charge in [0.15, 0.2) is 11.5 Å². The van der Waals surface area contributed by atoms with Crippen molar-refractivity contribution >= 4 is 23.2 Å². The van der Waals surface area contributed by atoms with E-state index in [9.17, 15) is 22.4 Å². The maximum absolute atomic E-state index is 12.9. The normalized spacial score (nSPS) is 11.8. The number of rotatable bonds is 7. The largest absolute Gasteiger partial charge is 0.429 e. The lowest BCUT2D eigenvalue weighted by molar-refractivity contribution is -0.137. The van der Waals surface area contributed by atoms with Crippen molar-refractivity contribution in [2.24, 2.45) is 5.16 Å². The van der Waals surface area contributed by atoms with Crippen LogP contribution in [0.2, 0.25) is 0 Å². The van der Waals surface area contributed by atoms with Gasteiger partial charge in [0.1, 0.15) is 5.75 Å². The summed E-state index contributed by atoms with van der Waals surface area (Å²) in [5.41, 5.74) is -0.713. The first-order valence-corrected chi connectivity index (χ1v) is 9.37. The number of hydrogen-bond acceptors (Lipinski definition) is 7. The molecule has 0 bridgehead atoms. The van der Waals surface area contributed by atoms with Crippen LogP contribution in [0.25, 0.3) is 11.4 Å². The lowest BCUT2D eigenvalue weighted by atomic mass is 10.1. The minimum Gasteiger partial charge on any atom is -0.429 e. The van der Waals surface area contributed by atoms with Crippen molar-refractivity contribution in [3.05, 3.63) is 59.7 Å². The van der Waals surface area contributed by atoms with Crippen LogP contribution in [0.15, 0.2) is 53.7 Å². The van der Waals surface area contributed by atoms with E-state index in [1.54, 1.807) is 12.1 Å². The number of aromatic nitrogens is 2. The molecule has 0 saturated heterocycles. The van der Waals surface area contributed by atoms with Crippen LogP contribution in [0.3, 0.4) is 0 Å². The molecule has 0 saturated carbocycles. The summed E-state index contributed by atoms with van der Waals surface area (Å²) in [5, 5.41) is 5.86. The van der Waals surface area contributed by atoms with E-state index in [4.69, 9.17) is 4.74 Å². The summed E-state index contributed by atoms with van der Waals surface area (Å²) in [6, 6.07) is 10.8. The van der Waals surface area contributed by atoms with Gasteiger partial charge in [-0.25, -0.2) is 4.39 Å². The highest BCUT2D eigenvalue weighted by Gasteiger charge is 2.30. The van der Waals surface area contributed by atoms with Gasteiger partial charge in [0.25, 0.3) is 18.0 Å². The predicted octanol–water partition coefficient (Wildman–Crippen LogP) is 4.41. The van der Waals surface area contributed by atoms with Gasteiger partial charge in [-0.15, -0.1) is 0 Å². The van der Waals surface area contributed by atoms with Crippen molar-refractivity contribution in [2.45, 2.75) is 6.18 Å². The Balaban J connectivity index is 1.91. The molecule has 0 aliphatic heterocycles. The second kappa shape index (κ2) is 9.51. The molecule has 0 unspecified atom stereocenters. The number of nitrogens with zero attached hydrogens (tertiary/aromatic N) is 3. The predicted molar refractivity (Wildman–Crippen MR) is 105 cm³/mol. The lowest BCUT2D eigenvalue weighted by Crippen LogP contribution is -2.29. The van der Waals surface area contributed by atoms with Gasteiger partial charge in [-0.1, -0.05) is 29.4 Å². The van der Waals surface area contributed by atoms with Crippen molar-refractivity contribution in [1.82, 2.24) is 14.7 Å². The second-order valence-corrected chi connectivity index (χ2v) is 6.53. The zero-order valence-electron chi connectivity index (χ0n) is 15.8. The van der Waals surface area contributed by atoms with Gasteiger partial charge in [-0.3, -0.25) is 4.79 Å². The average Bonchev–Trinajstić information content (AvgIpc) is 3.23. The number of ether oxygens (including phenoxy) is 1. The molecule has 1 heterocycles. The summed E-state index contributed by atoms with van der Waals surface area (Å²) in [4.78, 5) is 20.6. The number of likely N-dealkylation sites (N-methyl/N-ethyl adjacent to an activating group) is 1. The number of halogens is 4. The van der Waals surface area contributed by atoms with E-state index in [1.807, 2.05) is 0 Å². The Kier molecular flexibility index (Phi) is 6.80. The van der Waals surface area contributed by atoms with E-state index >= 15 is 0 Å². The van der Waals surface area contributed by atoms with Crippen LogP contribution in [-0.4, -0.2) is 34.9 Å².